The summed E-state index contributed by atoms with van der Waals surface area (Å²) in [6.07, 6.45) is -0.817. The molecule has 116 valence electrons. The van der Waals surface area contributed by atoms with Gasteiger partial charge in [-0.05, 0) is 38.5 Å². The zero-order valence-electron chi connectivity index (χ0n) is 12.7. The van der Waals surface area contributed by atoms with E-state index in [1.54, 1.807) is 19.1 Å². The lowest BCUT2D eigenvalue weighted by molar-refractivity contribution is -0.150. The minimum atomic E-state index is -1.49. The van der Waals surface area contributed by atoms with Gasteiger partial charge < -0.3 is 19.9 Å². The molecule has 0 heterocycles. The van der Waals surface area contributed by atoms with Crippen LogP contribution in [0.1, 0.15) is 19.4 Å². The Labute approximate surface area is 124 Å². The Hall–Kier alpha value is -2.08. The average molecular weight is 295 g/mol. The fraction of sp³-hybridized carbons (Fsp3) is 0.467. The lowest BCUT2D eigenvalue weighted by Crippen LogP contribution is -2.57. The maximum atomic E-state index is 12.1. The topological polar surface area (TPSA) is 84.9 Å². The number of ether oxygens (including phenoxy) is 2. The van der Waals surface area contributed by atoms with E-state index in [0.29, 0.717) is 5.75 Å². The molecule has 6 heteroatoms. The Bertz CT molecular complexity index is 517. The van der Waals surface area contributed by atoms with Crippen molar-refractivity contribution in [2.45, 2.75) is 32.4 Å². The molecule has 1 aromatic carbocycles. The van der Waals surface area contributed by atoms with Gasteiger partial charge in [0.1, 0.15) is 5.75 Å². The van der Waals surface area contributed by atoms with Crippen molar-refractivity contribution in [3.8, 4) is 5.75 Å². The smallest absolute Gasteiger partial charge is 0.331 e. The molecule has 2 unspecified atom stereocenters. The Balaban J connectivity index is 2.72. The molecule has 0 saturated carbocycles. The molecular weight excluding hydrogens is 274 g/mol. The monoisotopic (exact) mass is 295 g/mol. The number of carbonyl (C=O) groups is 2. The van der Waals surface area contributed by atoms with Gasteiger partial charge in [0.2, 0.25) is 0 Å². The second kappa shape index (κ2) is 7.08. The summed E-state index contributed by atoms with van der Waals surface area (Å²) >= 11 is 0. The number of hydrogen-bond acceptors (Lipinski definition) is 4. The molecule has 0 bridgehead atoms. The van der Waals surface area contributed by atoms with Gasteiger partial charge in [-0.15, -0.1) is 0 Å². The molecular formula is C15H21NO5. The highest BCUT2D eigenvalue weighted by Crippen LogP contribution is 2.15. The van der Waals surface area contributed by atoms with Crippen LogP contribution in [0, 0.1) is 6.92 Å². The van der Waals surface area contributed by atoms with Crippen molar-refractivity contribution < 1.29 is 24.2 Å². The predicted octanol–water partition coefficient (Wildman–Crippen LogP) is 1.37. The van der Waals surface area contributed by atoms with Crippen molar-refractivity contribution >= 4 is 11.9 Å². The van der Waals surface area contributed by atoms with Crippen LogP contribution in [0.3, 0.4) is 0 Å². The lowest BCUT2D eigenvalue weighted by Gasteiger charge is -2.27. The van der Waals surface area contributed by atoms with Crippen molar-refractivity contribution in [2.75, 3.05) is 13.7 Å². The zero-order chi connectivity index (χ0) is 16.0. The van der Waals surface area contributed by atoms with E-state index in [1.807, 2.05) is 19.1 Å². The Morgan fingerprint density at radius 3 is 2.62 bits per heavy atom. The van der Waals surface area contributed by atoms with Crippen LogP contribution < -0.4 is 10.1 Å². The van der Waals surface area contributed by atoms with E-state index in [2.05, 4.69) is 5.32 Å². The van der Waals surface area contributed by atoms with Crippen molar-refractivity contribution in [3.63, 3.8) is 0 Å². The molecule has 6 nitrogen and oxygen atoms in total. The van der Waals surface area contributed by atoms with E-state index in [0.717, 1.165) is 5.56 Å². The number of nitrogens with one attached hydrogen (secondary N) is 1. The van der Waals surface area contributed by atoms with Crippen LogP contribution in [0.25, 0.3) is 0 Å². The first-order valence-corrected chi connectivity index (χ1v) is 6.56. The van der Waals surface area contributed by atoms with E-state index >= 15 is 0 Å². The van der Waals surface area contributed by atoms with E-state index in [1.165, 1.54) is 14.0 Å². The molecule has 2 N–H and O–H groups in total. The van der Waals surface area contributed by atoms with E-state index in [9.17, 15) is 14.7 Å². The predicted molar refractivity (Wildman–Crippen MR) is 77.3 cm³/mol. The quantitative estimate of drug-likeness (QED) is 0.793. The molecule has 0 radical (unpaired) electrons. The molecule has 0 aromatic heterocycles. The number of aliphatic carboxylic acids is 1. The number of carboxylic acid groups (broad SMARTS) is 1. The van der Waals surface area contributed by atoms with Gasteiger partial charge in [0, 0.05) is 7.11 Å². The summed E-state index contributed by atoms with van der Waals surface area (Å²) in [6, 6.07) is 7.27. The number of rotatable bonds is 7. The largest absolute Gasteiger partial charge is 0.481 e. The molecule has 1 amide bonds. The van der Waals surface area contributed by atoms with Gasteiger partial charge in [0.15, 0.2) is 11.6 Å². The van der Waals surface area contributed by atoms with Gasteiger partial charge in [-0.1, -0.05) is 12.1 Å². The van der Waals surface area contributed by atoms with Gasteiger partial charge in [0.05, 0.1) is 6.61 Å². The van der Waals surface area contributed by atoms with Crippen LogP contribution in [0.15, 0.2) is 24.3 Å². The molecule has 0 aliphatic heterocycles. The number of benzene rings is 1. The van der Waals surface area contributed by atoms with Crippen molar-refractivity contribution in [2.24, 2.45) is 0 Å². The molecule has 21 heavy (non-hydrogen) atoms. The van der Waals surface area contributed by atoms with Crippen molar-refractivity contribution in [1.29, 1.82) is 0 Å². The first kappa shape index (κ1) is 17.0. The molecule has 0 aliphatic carbocycles. The maximum absolute atomic E-state index is 12.1. The number of hydrogen-bond donors (Lipinski definition) is 2. The molecule has 0 saturated heterocycles. The third-order valence-corrected chi connectivity index (χ3v) is 2.98. The van der Waals surface area contributed by atoms with E-state index in [-0.39, 0.29) is 6.61 Å². The molecule has 0 fully saturated rings. The van der Waals surface area contributed by atoms with E-state index < -0.39 is 23.5 Å². The van der Waals surface area contributed by atoms with Crippen LogP contribution in [0.2, 0.25) is 0 Å². The van der Waals surface area contributed by atoms with Crippen LogP contribution in [0.5, 0.6) is 5.75 Å². The summed E-state index contributed by atoms with van der Waals surface area (Å²) in [5.74, 6) is -1.12. The highest BCUT2D eigenvalue weighted by molar-refractivity contribution is 5.88. The van der Waals surface area contributed by atoms with Crippen LogP contribution in [-0.4, -0.2) is 42.3 Å². The molecule has 0 spiro atoms. The Morgan fingerprint density at radius 2 is 2.10 bits per heavy atom. The first-order chi connectivity index (χ1) is 9.78. The molecule has 2 atom stereocenters. The third kappa shape index (κ3) is 4.75. The minimum absolute atomic E-state index is 0.134. The van der Waals surface area contributed by atoms with Gasteiger partial charge >= 0.3 is 5.97 Å². The fourth-order valence-electron chi connectivity index (χ4n) is 1.76. The summed E-state index contributed by atoms with van der Waals surface area (Å²) in [5, 5.41) is 11.6. The van der Waals surface area contributed by atoms with Gasteiger partial charge in [-0.2, -0.15) is 0 Å². The highest BCUT2D eigenvalue weighted by atomic mass is 16.5. The highest BCUT2D eigenvalue weighted by Gasteiger charge is 2.36. The number of methoxy groups -OCH3 is 1. The third-order valence-electron chi connectivity index (χ3n) is 2.98. The SMILES string of the molecule is COCC(C)(NC(=O)C(C)Oc1cccc(C)c1)C(=O)O. The van der Waals surface area contributed by atoms with Gasteiger partial charge in [-0.3, -0.25) is 4.79 Å². The number of aryl methyl sites for hydroxylation is 1. The number of carboxylic acids is 1. The van der Waals surface area contributed by atoms with Crippen molar-refractivity contribution in [3.05, 3.63) is 29.8 Å². The molecule has 1 rings (SSSR count). The Morgan fingerprint density at radius 1 is 1.43 bits per heavy atom. The number of carbonyl (C=O) groups excluding carboxylic acids is 1. The first-order valence-electron chi connectivity index (χ1n) is 6.56. The summed E-state index contributed by atoms with van der Waals surface area (Å²) in [7, 11) is 1.38. The fourth-order valence-corrected chi connectivity index (χ4v) is 1.76. The Kier molecular flexibility index (Phi) is 5.72. The number of amides is 1. The summed E-state index contributed by atoms with van der Waals surface area (Å²) < 4.78 is 10.4. The minimum Gasteiger partial charge on any atom is -0.481 e. The second-order valence-corrected chi connectivity index (χ2v) is 5.14. The van der Waals surface area contributed by atoms with Crippen molar-refractivity contribution in [1.82, 2.24) is 5.32 Å². The summed E-state index contributed by atoms with van der Waals surface area (Å²) in [6.45, 7) is 4.73. The van der Waals surface area contributed by atoms with Crippen LogP contribution in [-0.2, 0) is 14.3 Å². The summed E-state index contributed by atoms with van der Waals surface area (Å²) in [4.78, 5) is 23.3. The standard InChI is InChI=1S/C15H21NO5/c1-10-6-5-7-12(8-10)21-11(2)13(17)16-15(3,9-20-4)14(18)19/h5-8,11H,9H2,1-4H3,(H,16,17)(H,18,19). The molecule has 1 aromatic rings. The van der Waals surface area contributed by atoms with Crippen LogP contribution in [0.4, 0.5) is 0 Å². The molecule has 0 aliphatic rings. The second-order valence-electron chi connectivity index (χ2n) is 5.14. The summed E-state index contributed by atoms with van der Waals surface area (Å²) in [5.41, 5.74) is -0.481. The maximum Gasteiger partial charge on any atom is 0.331 e. The van der Waals surface area contributed by atoms with E-state index in [4.69, 9.17) is 9.47 Å². The zero-order valence-corrected chi connectivity index (χ0v) is 12.7. The normalized spacial score (nSPS) is 14.9. The average Bonchev–Trinajstić information content (AvgIpc) is 2.38. The van der Waals surface area contributed by atoms with Gasteiger partial charge in [-0.25, -0.2) is 4.79 Å². The van der Waals surface area contributed by atoms with Crippen LogP contribution >= 0.6 is 0 Å². The lowest BCUT2D eigenvalue weighted by atomic mass is 10.0. The van der Waals surface area contributed by atoms with Gasteiger partial charge in [0.25, 0.3) is 5.91 Å².